The number of carbonyl (C=O) groups excluding carboxylic acids is 1. The quantitative estimate of drug-likeness (QED) is 0.476. The van der Waals surface area contributed by atoms with Crippen molar-refractivity contribution in [3.05, 3.63) is 64.0 Å². The highest BCUT2D eigenvalue weighted by atomic mass is 32.2. The molecule has 0 aliphatic heterocycles. The number of carbonyl (C=O) groups is 1. The van der Waals surface area contributed by atoms with E-state index >= 15 is 0 Å². The number of ether oxygens (including phenoxy) is 1. The Labute approximate surface area is 193 Å². The van der Waals surface area contributed by atoms with Crippen molar-refractivity contribution in [2.75, 3.05) is 26.0 Å². The lowest BCUT2D eigenvalue weighted by Gasteiger charge is -2.14. The Morgan fingerprint density at radius 3 is 2.61 bits per heavy atom. The lowest BCUT2D eigenvalue weighted by atomic mass is 10.0. The number of hydrogen-bond acceptors (Lipinski definition) is 6. The van der Waals surface area contributed by atoms with E-state index in [4.69, 9.17) is 9.15 Å². The van der Waals surface area contributed by atoms with Gasteiger partial charge in [0.15, 0.2) is 6.61 Å². The van der Waals surface area contributed by atoms with Crippen molar-refractivity contribution in [1.29, 1.82) is 0 Å². The van der Waals surface area contributed by atoms with Crippen molar-refractivity contribution < 1.29 is 22.4 Å². The summed E-state index contributed by atoms with van der Waals surface area (Å²) in [4.78, 5) is 24.5. The molecule has 0 fully saturated rings. The van der Waals surface area contributed by atoms with Gasteiger partial charge in [0.05, 0.1) is 4.90 Å². The Morgan fingerprint density at radius 2 is 1.91 bits per heavy atom. The monoisotopic (exact) mass is 472 g/mol. The first-order valence-electron chi connectivity index (χ1n) is 10.6. The van der Waals surface area contributed by atoms with Crippen molar-refractivity contribution in [3.8, 4) is 5.75 Å². The molecule has 0 radical (unpaired) electrons. The maximum absolute atomic E-state index is 12.4. The number of nitrogens with zero attached hydrogens (tertiary/aromatic N) is 1. The smallest absolute Gasteiger partial charge is 0.336 e. The molecule has 0 saturated heterocycles. The number of fused-ring (bicyclic) bond motifs is 1. The molecule has 0 bridgehead atoms. The average molecular weight is 473 g/mol. The highest BCUT2D eigenvalue weighted by Gasteiger charge is 2.18. The summed E-state index contributed by atoms with van der Waals surface area (Å²) < 4.78 is 36.8. The summed E-state index contributed by atoms with van der Waals surface area (Å²) in [5.74, 6) is -0.0237. The molecule has 1 N–H and O–H groups in total. The van der Waals surface area contributed by atoms with Crippen LogP contribution in [0.15, 0.2) is 56.6 Å². The van der Waals surface area contributed by atoms with Gasteiger partial charge in [0.25, 0.3) is 5.91 Å². The van der Waals surface area contributed by atoms with Gasteiger partial charge < -0.3 is 14.5 Å². The third kappa shape index (κ3) is 5.61. The van der Waals surface area contributed by atoms with E-state index in [-0.39, 0.29) is 11.5 Å². The molecule has 1 amide bonds. The molecule has 9 heteroatoms. The van der Waals surface area contributed by atoms with E-state index in [1.807, 2.05) is 6.07 Å². The van der Waals surface area contributed by atoms with Crippen molar-refractivity contribution in [3.63, 3.8) is 0 Å². The van der Waals surface area contributed by atoms with Crippen LogP contribution >= 0.6 is 0 Å². The van der Waals surface area contributed by atoms with Crippen molar-refractivity contribution in [2.24, 2.45) is 0 Å². The van der Waals surface area contributed by atoms with Gasteiger partial charge >= 0.3 is 5.63 Å². The molecule has 0 atom stereocenters. The zero-order valence-corrected chi connectivity index (χ0v) is 20.0. The molecule has 8 nitrogen and oxygen atoms in total. The van der Waals surface area contributed by atoms with E-state index in [0.29, 0.717) is 22.6 Å². The van der Waals surface area contributed by atoms with E-state index in [1.165, 1.54) is 32.3 Å². The predicted octanol–water partition coefficient (Wildman–Crippen LogP) is 3.71. The Hall–Kier alpha value is -3.17. The Kier molecular flexibility index (Phi) is 7.55. The molecule has 176 valence electrons. The Bertz CT molecular complexity index is 1330. The molecule has 33 heavy (non-hydrogen) atoms. The van der Waals surface area contributed by atoms with E-state index in [1.54, 1.807) is 25.1 Å². The number of aryl methyl sites for hydroxylation is 2. The van der Waals surface area contributed by atoms with Gasteiger partial charge in [-0.15, -0.1) is 0 Å². The van der Waals surface area contributed by atoms with Crippen LogP contribution in [-0.2, 0) is 21.2 Å². The van der Waals surface area contributed by atoms with Crippen molar-refractivity contribution in [1.82, 2.24) is 4.31 Å². The third-order valence-electron chi connectivity index (χ3n) is 5.25. The minimum absolute atomic E-state index is 0.0745. The number of nitrogens with one attached hydrogen (secondary N) is 1. The second kappa shape index (κ2) is 10.2. The van der Waals surface area contributed by atoms with Crippen molar-refractivity contribution in [2.45, 2.75) is 38.0 Å². The van der Waals surface area contributed by atoms with Crippen LogP contribution < -0.4 is 15.7 Å². The van der Waals surface area contributed by atoms with Crippen LogP contribution in [0.25, 0.3) is 11.0 Å². The van der Waals surface area contributed by atoms with Crippen molar-refractivity contribution >= 4 is 32.6 Å². The highest BCUT2D eigenvalue weighted by Crippen LogP contribution is 2.29. The Morgan fingerprint density at radius 1 is 1.15 bits per heavy atom. The molecule has 1 heterocycles. The van der Waals surface area contributed by atoms with E-state index in [2.05, 4.69) is 12.2 Å². The summed E-state index contributed by atoms with van der Waals surface area (Å²) in [5.41, 5.74) is 1.94. The van der Waals surface area contributed by atoms with Crippen LogP contribution in [0.2, 0.25) is 0 Å². The summed E-state index contributed by atoms with van der Waals surface area (Å²) in [5, 5.41) is 3.50. The SMILES string of the molecule is CCCCc1cc(=O)oc2c(C)c(OCC(=O)Nc3cccc(S(=O)(=O)N(C)C)c3)ccc12. The van der Waals surface area contributed by atoms with Gasteiger partial charge in [0, 0.05) is 36.8 Å². The van der Waals surface area contributed by atoms with Gasteiger partial charge in [-0.3, -0.25) is 4.79 Å². The van der Waals surface area contributed by atoms with E-state index in [9.17, 15) is 18.0 Å². The van der Waals surface area contributed by atoms with Gasteiger partial charge in [-0.1, -0.05) is 19.4 Å². The number of unbranched alkanes of at least 4 members (excludes halogenated alkanes) is 1. The minimum Gasteiger partial charge on any atom is -0.483 e. The molecule has 0 unspecified atom stereocenters. The summed E-state index contributed by atoms with van der Waals surface area (Å²) in [6, 6.07) is 11.1. The highest BCUT2D eigenvalue weighted by molar-refractivity contribution is 7.89. The molecule has 0 saturated carbocycles. The third-order valence-corrected chi connectivity index (χ3v) is 7.06. The summed E-state index contributed by atoms with van der Waals surface area (Å²) in [6.45, 7) is 3.57. The van der Waals surface area contributed by atoms with Crippen LogP contribution in [0.5, 0.6) is 5.75 Å². The van der Waals surface area contributed by atoms with Gasteiger partial charge in [0.2, 0.25) is 10.0 Å². The van der Waals surface area contributed by atoms with E-state index in [0.717, 1.165) is 34.5 Å². The van der Waals surface area contributed by atoms with Crippen LogP contribution in [0.1, 0.15) is 30.9 Å². The largest absolute Gasteiger partial charge is 0.483 e. The van der Waals surface area contributed by atoms with Gasteiger partial charge in [0.1, 0.15) is 11.3 Å². The summed E-state index contributed by atoms with van der Waals surface area (Å²) in [7, 11) is -0.736. The molecule has 1 aromatic heterocycles. The van der Waals surface area contributed by atoms with Gasteiger partial charge in [-0.25, -0.2) is 17.5 Å². The van der Waals surface area contributed by atoms with Crippen LogP contribution in [0.4, 0.5) is 5.69 Å². The maximum Gasteiger partial charge on any atom is 0.336 e. The fraction of sp³-hybridized carbons (Fsp3) is 0.333. The first-order valence-corrected chi connectivity index (χ1v) is 12.1. The molecule has 3 aromatic rings. The Balaban J connectivity index is 1.75. The van der Waals surface area contributed by atoms with Crippen LogP contribution in [0, 0.1) is 6.92 Å². The minimum atomic E-state index is -3.62. The lowest BCUT2D eigenvalue weighted by Crippen LogP contribution is -2.23. The molecule has 3 rings (SSSR count). The van der Waals surface area contributed by atoms with E-state index < -0.39 is 21.6 Å². The zero-order chi connectivity index (χ0) is 24.2. The number of amides is 1. The second-order valence-electron chi connectivity index (χ2n) is 7.91. The topological polar surface area (TPSA) is 106 Å². The molecule has 2 aromatic carbocycles. The second-order valence-corrected chi connectivity index (χ2v) is 10.1. The number of sulfonamides is 1. The first-order chi connectivity index (χ1) is 15.6. The number of hydrogen-bond donors (Lipinski definition) is 1. The summed E-state index contributed by atoms with van der Waals surface area (Å²) >= 11 is 0. The molecular formula is C24H28N2O6S. The van der Waals surface area contributed by atoms with Crippen LogP contribution in [0.3, 0.4) is 0 Å². The number of benzene rings is 2. The molecule has 0 aliphatic rings. The standard InChI is InChI=1S/C24H28N2O6S/c1-5-6-8-17-13-23(28)32-24-16(2)21(12-11-20(17)24)31-15-22(27)25-18-9-7-10-19(14-18)33(29,30)26(3)4/h7,9-14H,5-6,8,15H2,1-4H3,(H,25,27). The van der Waals surface area contributed by atoms with Gasteiger partial charge in [-0.05, 0) is 55.7 Å². The summed E-state index contributed by atoms with van der Waals surface area (Å²) in [6.07, 6.45) is 2.76. The fourth-order valence-electron chi connectivity index (χ4n) is 3.42. The number of anilines is 1. The fourth-order valence-corrected chi connectivity index (χ4v) is 4.37. The maximum atomic E-state index is 12.4. The normalized spacial score (nSPS) is 11.7. The van der Waals surface area contributed by atoms with Crippen LogP contribution in [-0.4, -0.2) is 39.3 Å². The number of rotatable bonds is 9. The molecular weight excluding hydrogens is 444 g/mol. The average Bonchev–Trinajstić information content (AvgIpc) is 2.77. The zero-order valence-electron chi connectivity index (χ0n) is 19.2. The molecule has 0 aliphatic carbocycles. The lowest BCUT2D eigenvalue weighted by molar-refractivity contribution is -0.118. The molecule has 0 spiro atoms. The first kappa shape index (κ1) is 24.5. The van der Waals surface area contributed by atoms with Gasteiger partial charge in [-0.2, -0.15) is 0 Å². The predicted molar refractivity (Wildman–Crippen MR) is 127 cm³/mol.